The minimum absolute atomic E-state index is 0.201. The third-order valence-corrected chi connectivity index (χ3v) is 3.44. The molecule has 0 radical (unpaired) electrons. The minimum atomic E-state index is 0.201. The van der Waals surface area contributed by atoms with E-state index < -0.39 is 0 Å². The predicted molar refractivity (Wildman–Crippen MR) is 72.3 cm³/mol. The summed E-state index contributed by atoms with van der Waals surface area (Å²) in [6.07, 6.45) is 5.94. The summed E-state index contributed by atoms with van der Waals surface area (Å²) in [5, 5.41) is 15.1. The second-order valence-electron chi connectivity index (χ2n) is 6.62. The number of aromatic nitrogens is 3. The van der Waals surface area contributed by atoms with Crippen LogP contribution in [0.5, 0.6) is 0 Å². The Morgan fingerprint density at radius 1 is 1.28 bits per heavy atom. The van der Waals surface area contributed by atoms with Gasteiger partial charge in [-0.1, -0.05) is 5.21 Å². The van der Waals surface area contributed by atoms with Gasteiger partial charge in [0, 0.05) is 29.9 Å². The molecule has 0 saturated carbocycles. The molecule has 1 fully saturated rings. The Morgan fingerprint density at radius 3 is 2.50 bits per heavy atom. The highest BCUT2D eigenvalue weighted by Crippen LogP contribution is 2.28. The Bertz CT molecular complexity index is 353. The molecular weight excluding hydrogens is 226 g/mol. The molecule has 0 unspecified atom stereocenters. The van der Waals surface area contributed by atoms with E-state index in [4.69, 9.17) is 0 Å². The van der Waals surface area contributed by atoms with Crippen LogP contribution >= 0.6 is 0 Å². The summed E-state index contributed by atoms with van der Waals surface area (Å²) in [5.74, 6) is 0. The van der Waals surface area contributed by atoms with Crippen LogP contribution in [0.4, 0.5) is 0 Å². The summed E-state index contributed by atoms with van der Waals surface area (Å²) in [6, 6.07) is 0.569. The molecule has 1 saturated heterocycles. The van der Waals surface area contributed by atoms with E-state index in [9.17, 15) is 0 Å². The van der Waals surface area contributed by atoms with Crippen molar-refractivity contribution < 1.29 is 0 Å². The fourth-order valence-electron chi connectivity index (χ4n) is 3.20. The molecule has 0 aromatic carbocycles. The lowest BCUT2D eigenvalue weighted by atomic mass is 9.79. The molecule has 102 valence electrons. The molecular formula is C13H25N5. The molecule has 2 rings (SSSR count). The molecule has 0 amide bonds. The largest absolute Gasteiger partial charge is 0.312 e. The zero-order valence-electron chi connectivity index (χ0n) is 11.9. The van der Waals surface area contributed by atoms with Gasteiger partial charge in [0.2, 0.25) is 0 Å². The van der Waals surface area contributed by atoms with Gasteiger partial charge in [-0.3, -0.25) is 4.68 Å². The molecule has 18 heavy (non-hydrogen) atoms. The average molecular weight is 251 g/mol. The molecule has 5 nitrogen and oxygen atoms in total. The van der Waals surface area contributed by atoms with Crippen LogP contribution in [0.1, 0.15) is 40.5 Å². The van der Waals surface area contributed by atoms with Gasteiger partial charge < -0.3 is 10.6 Å². The minimum Gasteiger partial charge on any atom is -0.312 e. The van der Waals surface area contributed by atoms with Gasteiger partial charge in [0.25, 0.3) is 0 Å². The Labute approximate surface area is 109 Å². The first-order valence-corrected chi connectivity index (χ1v) is 6.73. The third kappa shape index (κ3) is 3.78. The molecule has 2 N–H and O–H groups in total. The van der Waals surface area contributed by atoms with Crippen molar-refractivity contribution in [1.29, 1.82) is 0 Å². The number of hydrogen-bond donors (Lipinski definition) is 2. The second kappa shape index (κ2) is 4.97. The predicted octanol–water partition coefficient (Wildman–Crippen LogP) is 1.18. The number of nitrogens with one attached hydrogen (secondary N) is 2. The lowest BCUT2D eigenvalue weighted by molar-refractivity contribution is 0.145. The molecule has 1 aliphatic rings. The Hall–Kier alpha value is -0.940. The first-order valence-electron chi connectivity index (χ1n) is 6.73. The van der Waals surface area contributed by atoms with Crippen LogP contribution in [0.15, 0.2) is 12.4 Å². The van der Waals surface area contributed by atoms with Crippen molar-refractivity contribution >= 4 is 0 Å². The lowest BCUT2D eigenvalue weighted by Gasteiger charge is -2.46. The maximum absolute atomic E-state index is 3.97. The monoisotopic (exact) mass is 251 g/mol. The van der Waals surface area contributed by atoms with Gasteiger partial charge in [-0.15, -0.1) is 5.10 Å². The Morgan fingerprint density at radius 2 is 1.94 bits per heavy atom. The van der Waals surface area contributed by atoms with Crippen molar-refractivity contribution in [2.75, 3.05) is 6.54 Å². The molecule has 1 aromatic rings. The number of hydrogen-bond acceptors (Lipinski definition) is 4. The third-order valence-electron chi connectivity index (χ3n) is 3.44. The van der Waals surface area contributed by atoms with Crippen LogP contribution in [0.2, 0.25) is 0 Å². The second-order valence-corrected chi connectivity index (χ2v) is 6.62. The molecule has 1 aliphatic heterocycles. The van der Waals surface area contributed by atoms with Crippen molar-refractivity contribution in [3.8, 4) is 0 Å². The van der Waals surface area contributed by atoms with Gasteiger partial charge in [-0.05, 0) is 40.5 Å². The van der Waals surface area contributed by atoms with Crippen LogP contribution in [0.25, 0.3) is 0 Å². The van der Waals surface area contributed by atoms with Gasteiger partial charge in [0.1, 0.15) is 0 Å². The summed E-state index contributed by atoms with van der Waals surface area (Å²) in [5.41, 5.74) is 0.402. The maximum atomic E-state index is 3.97. The normalized spacial score (nSPS) is 23.1. The van der Waals surface area contributed by atoms with E-state index >= 15 is 0 Å². The summed E-state index contributed by atoms with van der Waals surface area (Å²) in [4.78, 5) is 0. The highest BCUT2D eigenvalue weighted by Gasteiger charge is 2.37. The van der Waals surface area contributed by atoms with E-state index in [1.54, 1.807) is 6.20 Å². The molecule has 5 heteroatoms. The fraction of sp³-hybridized carbons (Fsp3) is 0.846. The van der Waals surface area contributed by atoms with E-state index in [0.29, 0.717) is 6.04 Å². The van der Waals surface area contributed by atoms with E-state index in [0.717, 1.165) is 25.9 Å². The number of piperidine rings is 1. The summed E-state index contributed by atoms with van der Waals surface area (Å²) >= 11 is 0. The fourth-order valence-corrected chi connectivity index (χ4v) is 3.20. The van der Waals surface area contributed by atoms with Gasteiger partial charge >= 0.3 is 0 Å². The Balaban J connectivity index is 1.82. The van der Waals surface area contributed by atoms with Crippen LogP contribution in [-0.2, 0) is 6.54 Å². The van der Waals surface area contributed by atoms with Crippen LogP contribution in [0, 0.1) is 0 Å². The standard InChI is InChI=1S/C13H25N5/c1-12(2)9-11(10-13(3,4)16-12)14-5-7-18-8-6-15-17-18/h6,8,11,14,16H,5,7,9-10H2,1-4H3. The summed E-state index contributed by atoms with van der Waals surface area (Å²) < 4.78 is 1.87. The van der Waals surface area contributed by atoms with Crippen molar-refractivity contribution in [3.63, 3.8) is 0 Å². The highest BCUT2D eigenvalue weighted by molar-refractivity contribution is 4.99. The number of rotatable bonds is 4. The van der Waals surface area contributed by atoms with Crippen molar-refractivity contribution in [2.24, 2.45) is 0 Å². The summed E-state index contributed by atoms with van der Waals surface area (Å²) in [7, 11) is 0. The van der Waals surface area contributed by atoms with Gasteiger partial charge in [-0.2, -0.15) is 0 Å². The lowest BCUT2D eigenvalue weighted by Crippen LogP contribution is -2.61. The first kappa shape index (κ1) is 13.5. The molecule has 0 atom stereocenters. The van der Waals surface area contributed by atoms with Gasteiger partial charge in [0.05, 0.1) is 12.7 Å². The van der Waals surface area contributed by atoms with Crippen LogP contribution in [-0.4, -0.2) is 38.7 Å². The summed E-state index contributed by atoms with van der Waals surface area (Å²) in [6.45, 7) is 10.9. The topological polar surface area (TPSA) is 54.8 Å². The van der Waals surface area contributed by atoms with E-state index in [1.165, 1.54) is 0 Å². The average Bonchev–Trinajstić information content (AvgIpc) is 2.65. The maximum Gasteiger partial charge on any atom is 0.0692 e. The molecule has 0 aliphatic carbocycles. The SMILES string of the molecule is CC1(C)CC(NCCn2ccnn2)CC(C)(C)N1. The van der Waals surface area contributed by atoms with Gasteiger partial charge in [0.15, 0.2) is 0 Å². The zero-order chi connectivity index (χ0) is 13.2. The van der Waals surface area contributed by atoms with E-state index in [-0.39, 0.29) is 11.1 Å². The quantitative estimate of drug-likeness (QED) is 0.843. The first-order chi connectivity index (χ1) is 8.36. The van der Waals surface area contributed by atoms with E-state index in [2.05, 4.69) is 48.6 Å². The van der Waals surface area contributed by atoms with Crippen molar-refractivity contribution in [1.82, 2.24) is 25.6 Å². The zero-order valence-corrected chi connectivity index (χ0v) is 11.9. The van der Waals surface area contributed by atoms with Crippen molar-refractivity contribution in [2.45, 2.75) is 64.2 Å². The smallest absolute Gasteiger partial charge is 0.0692 e. The van der Waals surface area contributed by atoms with Gasteiger partial charge in [-0.25, -0.2) is 0 Å². The van der Waals surface area contributed by atoms with E-state index in [1.807, 2.05) is 10.9 Å². The molecule has 1 aromatic heterocycles. The number of nitrogens with zero attached hydrogens (tertiary/aromatic N) is 3. The Kier molecular flexibility index (Phi) is 3.73. The molecule has 0 spiro atoms. The van der Waals surface area contributed by atoms with Crippen molar-refractivity contribution in [3.05, 3.63) is 12.4 Å². The van der Waals surface area contributed by atoms with Crippen LogP contribution < -0.4 is 10.6 Å². The van der Waals surface area contributed by atoms with Crippen LogP contribution in [0.3, 0.4) is 0 Å². The highest BCUT2D eigenvalue weighted by atomic mass is 15.4. The molecule has 0 bridgehead atoms. The molecule has 2 heterocycles.